The minimum atomic E-state index is -3.91. The molecular weight excluding hydrogens is 424 g/mol. The summed E-state index contributed by atoms with van der Waals surface area (Å²) in [6.45, 7) is 5.79. The van der Waals surface area contributed by atoms with Gasteiger partial charge in [0.2, 0.25) is 5.91 Å². The SMILES string of the molecule is Cc1ccc(N(CC(=O)NCc2ccc(OC(C)C)cc2)S(=O)(=O)c2ccccc2)cc1. The van der Waals surface area contributed by atoms with Crippen LogP contribution in [0.2, 0.25) is 0 Å². The smallest absolute Gasteiger partial charge is 0.264 e. The summed E-state index contributed by atoms with van der Waals surface area (Å²) in [5.74, 6) is 0.363. The van der Waals surface area contributed by atoms with Crippen LogP contribution in [0.15, 0.2) is 83.8 Å². The second kappa shape index (κ2) is 10.3. The minimum Gasteiger partial charge on any atom is -0.491 e. The number of nitrogens with one attached hydrogen (secondary N) is 1. The molecule has 0 bridgehead atoms. The van der Waals surface area contributed by atoms with Crippen molar-refractivity contribution in [2.45, 2.75) is 38.3 Å². The molecule has 0 saturated carbocycles. The van der Waals surface area contributed by atoms with Crippen molar-refractivity contribution in [3.05, 3.63) is 90.0 Å². The van der Waals surface area contributed by atoms with Crippen LogP contribution in [0.1, 0.15) is 25.0 Å². The maximum Gasteiger partial charge on any atom is 0.264 e. The van der Waals surface area contributed by atoms with Gasteiger partial charge in [-0.3, -0.25) is 9.10 Å². The molecule has 0 radical (unpaired) electrons. The summed E-state index contributed by atoms with van der Waals surface area (Å²) in [5, 5.41) is 2.81. The van der Waals surface area contributed by atoms with Crippen molar-refractivity contribution >= 4 is 21.6 Å². The summed E-state index contributed by atoms with van der Waals surface area (Å²) < 4.78 is 33.3. The van der Waals surface area contributed by atoms with Gasteiger partial charge in [-0.15, -0.1) is 0 Å². The number of hydrogen-bond donors (Lipinski definition) is 1. The number of rotatable bonds is 9. The van der Waals surface area contributed by atoms with E-state index in [1.165, 1.54) is 12.1 Å². The van der Waals surface area contributed by atoms with E-state index >= 15 is 0 Å². The Morgan fingerprint density at radius 3 is 2.16 bits per heavy atom. The first kappa shape index (κ1) is 23.3. The van der Waals surface area contributed by atoms with E-state index in [-0.39, 0.29) is 24.1 Å². The molecule has 0 aromatic heterocycles. The largest absolute Gasteiger partial charge is 0.491 e. The molecule has 7 heteroatoms. The van der Waals surface area contributed by atoms with Crippen molar-refractivity contribution in [2.75, 3.05) is 10.8 Å². The summed E-state index contributed by atoms with van der Waals surface area (Å²) >= 11 is 0. The van der Waals surface area contributed by atoms with Gasteiger partial charge < -0.3 is 10.1 Å². The minimum absolute atomic E-state index is 0.0832. The third kappa shape index (κ3) is 6.11. The highest BCUT2D eigenvalue weighted by Gasteiger charge is 2.27. The van der Waals surface area contributed by atoms with Gasteiger partial charge in [0.25, 0.3) is 10.0 Å². The third-order valence-corrected chi connectivity index (χ3v) is 6.51. The lowest BCUT2D eigenvalue weighted by atomic mass is 10.2. The van der Waals surface area contributed by atoms with E-state index in [0.717, 1.165) is 21.2 Å². The first-order valence-electron chi connectivity index (χ1n) is 10.4. The Labute approximate surface area is 189 Å². The summed E-state index contributed by atoms with van der Waals surface area (Å²) in [7, 11) is -3.91. The van der Waals surface area contributed by atoms with E-state index in [1.807, 2.05) is 57.2 Å². The number of carbonyl (C=O) groups excluding carboxylic acids is 1. The zero-order valence-electron chi connectivity index (χ0n) is 18.5. The number of ether oxygens (including phenoxy) is 1. The Balaban J connectivity index is 1.74. The number of hydrogen-bond acceptors (Lipinski definition) is 4. The number of anilines is 1. The van der Waals surface area contributed by atoms with Crippen molar-refractivity contribution in [3.8, 4) is 5.75 Å². The molecule has 0 unspecified atom stereocenters. The Morgan fingerprint density at radius 1 is 0.938 bits per heavy atom. The van der Waals surface area contributed by atoms with Crippen LogP contribution in [0, 0.1) is 6.92 Å². The number of carbonyl (C=O) groups is 1. The predicted molar refractivity (Wildman–Crippen MR) is 126 cm³/mol. The van der Waals surface area contributed by atoms with Crippen LogP contribution in [-0.2, 0) is 21.4 Å². The van der Waals surface area contributed by atoms with Crippen molar-refractivity contribution in [2.24, 2.45) is 0 Å². The Morgan fingerprint density at radius 2 is 1.56 bits per heavy atom. The van der Waals surface area contributed by atoms with Crippen LogP contribution >= 0.6 is 0 Å². The molecule has 0 spiro atoms. The van der Waals surface area contributed by atoms with Gasteiger partial charge in [-0.05, 0) is 62.7 Å². The summed E-state index contributed by atoms with van der Waals surface area (Å²) in [6, 6.07) is 22.6. The normalized spacial score (nSPS) is 11.2. The fourth-order valence-corrected chi connectivity index (χ4v) is 4.53. The highest BCUT2D eigenvalue weighted by molar-refractivity contribution is 7.92. The Kier molecular flexibility index (Phi) is 7.53. The van der Waals surface area contributed by atoms with Gasteiger partial charge in [0.1, 0.15) is 12.3 Å². The molecule has 1 amide bonds. The lowest BCUT2D eigenvalue weighted by molar-refractivity contribution is -0.119. The monoisotopic (exact) mass is 452 g/mol. The first-order chi connectivity index (χ1) is 15.3. The Hall–Kier alpha value is -3.32. The Bertz CT molecular complexity index is 1130. The van der Waals surface area contributed by atoms with Gasteiger partial charge in [0, 0.05) is 6.54 Å². The number of amides is 1. The lowest BCUT2D eigenvalue weighted by Gasteiger charge is -2.24. The molecule has 1 N–H and O–H groups in total. The van der Waals surface area contributed by atoms with Gasteiger partial charge in [0.15, 0.2) is 0 Å². The second-order valence-electron chi connectivity index (χ2n) is 7.75. The van der Waals surface area contributed by atoms with Crippen molar-refractivity contribution in [1.82, 2.24) is 5.32 Å². The van der Waals surface area contributed by atoms with Crippen LogP contribution in [0.25, 0.3) is 0 Å². The molecule has 0 saturated heterocycles. The van der Waals surface area contributed by atoms with Crippen LogP contribution < -0.4 is 14.4 Å². The topological polar surface area (TPSA) is 75.7 Å². The number of aryl methyl sites for hydroxylation is 1. The van der Waals surface area contributed by atoms with E-state index in [0.29, 0.717) is 5.69 Å². The van der Waals surface area contributed by atoms with Gasteiger partial charge in [-0.2, -0.15) is 0 Å². The molecular formula is C25H28N2O4S. The molecule has 3 rings (SSSR count). The summed E-state index contributed by atoms with van der Waals surface area (Å²) in [4.78, 5) is 12.8. The lowest BCUT2D eigenvalue weighted by Crippen LogP contribution is -2.40. The average molecular weight is 453 g/mol. The van der Waals surface area contributed by atoms with Gasteiger partial charge >= 0.3 is 0 Å². The molecule has 3 aromatic rings. The molecule has 0 aliphatic rings. The number of nitrogens with zero attached hydrogens (tertiary/aromatic N) is 1. The van der Waals surface area contributed by atoms with Gasteiger partial charge in [-0.1, -0.05) is 48.0 Å². The molecule has 6 nitrogen and oxygen atoms in total. The van der Waals surface area contributed by atoms with Crippen molar-refractivity contribution in [3.63, 3.8) is 0 Å². The highest BCUT2D eigenvalue weighted by atomic mass is 32.2. The zero-order valence-corrected chi connectivity index (χ0v) is 19.3. The molecule has 3 aromatic carbocycles. The van der Waals surface area contributed by atoms with E-state index in [2.05, 4.69) is 5.32 Å². The molecule has 0 aliphatic heterocycles. The van der Waals surface area contributed by atoms with Crippen LogP contribution in [0.5, 0.6) is 5.75 Å². The maximum atomic E-state index is 13.3. The molecule has 0 atom stereocenters. The van der Waals surface area contributed by atoms with E-state index in [9.17, 15) is 13.2 Å². The van der Waals surface area contributed by atoms with Crippen LogP contribution in [0.4, 0.5) is 5.69 Å². The highest BCUT2D eigenvalue weighted by Crippen LogP contribution is 2.24. The predicted octanol–water partition coefficient (Wildman–Crippen LogP) is 4.29. The maximum absolute atomic E-state index is 13.3. The fourth-order valence-electron chi connectivity index (χ4n) is 3.09. The quantitative estimate of drug-likeness (QED) is 0.525. The molecule has 0 heterocycles. The fraction of sp³-hybridized carbons (Fsp3) is 0.240. The van der Waals surface area contributed by atoms with E-state index in [1.54, 1.807) is 30.3 Å². The number of benzene rings is 3. The molecule has 0 fully saturated rings. The van der Waals surface area contributed by atoms with E-state index < -0.39 is 15.9 Å². The van der Waals surface area contributed by atoms with Crippen molar-refractivity contribution in [1.29, 1.82) is 0 Å². The number of sulfonamides is 1. The standard InChI is InChI=1S/C25H28N2O4S/c1-19(2)31-23-15-11-21(12-16-23)17-26-25(28)18-27(22-13-9-20(3)10-14-22)32(29,30)24-7-5-4-6-8-24/h4-16,19H,17-18H2,1-3H3,(H,26,28). The average Bonchev–Trinajstić information content (AvgIpc) is 2.78. The zero-order chi connectivity index (χ0) is 23.1. The van der Waals surface area contributed by atoms with Gasteiger partial charge in [-0.25, -0.2) is 8.42 Å². The molecule has 32 heavy (non-hydrogen) atoms. The third-order valence-electron chi connectivity index (χ3n) is 4.73. The first-order valence-corrected chi connectivity index (χ1v) is 11.9. The van der Waals surface area contributed by atoms with Gasteiger partial charge in [0.05, 0.1) is 16.7 Å². The van der Waals surface area contributed by atoms with Crippen LogP contribution in [0.3, 0.4) is 0 Å². The summed E-state index contributed by atoms with van der Waals surface area (Å²) in [6.07, 6.45) is 0.0832. The van der Waals surface area contributed by atoms with Crippen LogP contribution in [-0.4, -0.2) is 27.0 Å². The summed E-state index contributed by atoms with van der Waals surface area (Å²) in [5.41, 5.74) is 2.33. The van der Waals surface area contributed by atoms with Crippen molar-refractivity contribution < 1.29 is 17.9 Å². The molecule has 168 valence electrons. The second-order valence-corrected chi connectivity index (χ2v) is 9.61. The van der Waals surface area contributed by atoms with E-state index in [4.69, 9.17) is 4.74 Å². The molecule has 0 aliphatic carbocycles.